The van der Waals surface area contributed by atoms with Gasteiger partial charge < -0.3 is 14.8 Å². The highest BCUT2D eigenvalue weighted by molar-refractivity contribution is 9.10. The number of rotatable bonds is 5. The number of benzene rings is 2. The maximum absolute atomic E-state index is 12.3. The molecule has 0 saturated heterocycles. The third kappa shape index (κ3) is 4.48. The van der Waals surface area contributed by atoms with E-state index in [1.807, 2.05) is 44.2 Å². The first kappa shape index (κ1) is 17.3. The fraction of sp³-hybridized carbons (Fsp3) is 0.278. The van der Waals surface area contributed by atoms with E-state index in [1.54, 1.807) is 20.1 Å². The molecular formula is C18H20BrNO3. The third-order valence-electron chi connectivity index (χ3n) is 3.43. The molecule has 4 nitrogen and oxygen atoms in total. The molecular weight excluding hydrogens is 358 g/mol. The Bertz CT molecular complexity index is 692. The molecule has 0 aromatic heterocycles. The maximum Gasteiger partial charge on any atom is 0.265 e. The Kier molecular flexibility index (Phi) is 5.66. The van der Waals surface area contributed by atoms with Crippen molar-refractivity contribution < 1.29 is 14.3 Å². The van der Waals surface area contributed by atoms with Crippen molar-refractivity contribution in [3.8, 4) is 11.5 Å². The van der Waals surface area contributed by atoms with Gasteiger partial charge in [0.2, 0.25) is 0 Å². The van der Waals surface area contributed by atoms with Gasteiger partial charge in [0.15, 0.2) is 6.10 Å². The Labute approximate surface area is 144 Å². The smallest absolute Gasteiger partial charge is 0.265 e. The highest BCUT2D eigenvalue weighted by atomic mass is 79.9. The van der Waals surface area contributed by atoms with E-state index in [0.29, 0.717) is 11.4 Å². The van der Waals surface area contributed by atoms with E-state index >= 15 is 0 Å². The number of anilines is 1. The molecule has 0 aliphatic heterocycles. The molecule has 0 bridgehead atoms. The molecule has 1 N–H and O–H groups in total. The van der Waals surface area contributed by atoms with Crippen LogP contribution in [-0.4, -0.2) is 19.1 Å². The molecule has 0 heterocycles. The van der Waals surface area contributed by atoms with Crippen LogP contribution in [-0.2, 0) is 4.79 Å². The summed E-state index contributed by atoms with van der Waals surface area (Å²) in [5.41, 5.74) is 2.64. The van der Waals surface area contributed by atoms with Crippen LogP contribution in [0.25, 0.3) is 0 Å². The van der Waals surface area contributed by atoms with Crippen LogP contribution in [0.3, 0.4) is 0 Å². The average molecular weight is 378 g/mol. The Balaban J connectivity index is 2.08. The third-order valence-corrected chi connectivity index (χ3v) is 3.88. The van der Waals surface area contributed by atoms with Crippen molar-refractivity contribution in [1.82, 2.24) is 0 Å². The Hall–Kier alpha value is -2.01. The number of hydrogen-bond acceptors (Lipinski definition) is 3. The molecule has 122 valence electrons. The minimum atomic E-state index is -0.611. The van der Waals surface area contributed by atoms with Crippen LogP contribution in [0, 0.1) is 13.8 Å². The average Bonchev–Trinajstić information content (AvgIpc) is 2.50. The second kappa shape index (κ2) is 7.51. The molecule has 0 spiro atoms. The quantitative estimate of drug-likeness (QED) is 0.835. The van der Waals surface area contributed by atoms with Gasteiger partial charge in [-0.1, -0.05) is 22.0 Å². The van der Waals surface area contributed by atoms with Crippen molar-refractivity contribution in [1.29, 1.82) is 0 Å². The first-order valence-corrected chi connectivity index (χ1v) is 8.08. The van der Waals surface area contributed by atoms with Crippen LogP contribution in [0.1, 0.15) is 18.1 Å². The van der Waals surface area contributed by atoms with Gasteiger partial charge >= 0.3 is 0 Å². The van der Waals surface area contributed by atoms with Gasteiger partial charge in [-0.05, 0) is 56.2 Å². The van der Waals surface area contributed by atoms with Gasteiger partial charge in [-0.15, -0.1) is 0 Å². The summed E-state index contributed by atoms with van der Waals surface area (Å²) in [5.74, 6) is 1.22. The molecule has 0 radical (unpaired) electrons. The summed E-state index contributed by atoms with van der Waals surface area (Å²) in [6.07, 6.45) is -0.611. The standard InChI is InChI=1S/C18H20BrNO3/c1-11-8-14(19)9-12(2)17(11)23-13(3)18(21)20-15-6-5-7-16(10-15)22-4/h5-10,13H,1-4H3,(H,20,21). The summed E-state index contributed by atoms with van der Waals surface area (Å²) in [4.78, 5) is 12.3. The first-order chi connectivity index (χ1) is 10.9. The fourth-order valence-electron chi connectivity index (χ4n) is 2.26. The van der Waals surface area contributed by atoms with Gasteiger partial charge in [0.25, 0.3) is 5.91 Å². The number of amides is 1. The van der Waals surface area contributed by atoms with Crippen molar-refractivity contribution in [2.45, 2.75) is 26.9 Å². The highest BCUT2D eigenvalue weighted by Crippen LogP contribution is 2.28. The molecule has 0 aliphatic carbocycles. The molecule has 5 heteroatoms. The highest BCUT2D eigenvalue weighted by Gasteiger charge is 2.17. The number of carbonyl (C=O) groups is 1. The van der Waals surface area contributed by atoms with Crippen LogP contribution in [0.4, 0.5) is 5.69 Å². The first-order valence-electron chi connectivity index (χ1n) is 7.29. The summed E-state index contributed by atoms with van der Waals surface area (Å²) in [6.45, 7) is 5.65. The minimum absolute atomic E-state index is 0.208. The van der Waals surface area contributed by atoms with E-state index in [4.69, 9.17) is 9.47 Å². The maximum atomic E-state index is 12.3. The summed E-state index contributed by atoms with van der Waals surface area (Å²) in [6, 6.07) is 11.2. The number of nitrogens with one attached hydrogen (secondary N) is 1. The molecule has 1 amide bonds. The zero-order valence-corrected chi connectivity index (χ0v) is 15.2. The Morgan fingerprint density at radius 3 is 2.43 bits per heavy atom. The van der Waals surface area contributed by atoms with Crippen molar-refractivity contribution >= 4 is 27.5 Å². The second-order valence-electron chi connectivity index (χ2n) is 5.35. The zero-order chi connectivity index (χ0) is 17.0. The van der Waals surface area contributed by atoms with Crippen LogP contribution in [0.5, 0.6) is 11.5 Å². The van der Waals surface area contributed by atoms with Crippen molar-refractivity contribution in [3.05, 3.63) is 52.0 Å². The fourth-order valence-corrected chi connectivity index (χ4v) is 2.95. The number of aryl methyl sites for hydroxylation is 2. The van der Waals surface area contributed by atoms with E-state index < -0.39 is 6.10 Å². The predicted octanol–water partition coefficient (Wildman–Crippen LogP) is 4.48. The Morgan fingerprint density at radius 1 is 1.17 bits per heavy atom. The molecule has 23 heavy (non-hydrogen) atoms. The monoisotopic (exact) mass is 377 g/mol. The minimum Gasteiger partial charge on any atom is -0.497 e. The van der Waals surface area contributed by atoms with Crippen LogP contribution >= 0.6 is 15.9 Å². The molecule has 2 aromatic rings. The van der Waals surface area contributed by atoms with E-state index in [9.17, 15) is 4.79 Å². The lowest BCUT2D eigenvalue weighted by molar-refractivity contribution is -0.122. The summed E-state index contributed by atoms with van der Waals surface area (Å²) in [5, 5.41) is 2.83. The van der Waals surface area contributed by atoms with Gasteiger partial charge in [-0.25, -0.2) is 0 Å². The molecule has 0 saturated carbocycles. The van der Waals surface area contributed by atoms with Crippen LogP contribution < -0.4 is 14.8 Å². The van der Waals surface area contributed by atoms with E-state index in [1.165, 1.54) is 0 Å². The number of methoxy groups -OCH3 is 1. The Morgan fingerprint density at radius 2 is 1.83 bits per heavy atom. The van der Waals surface area contributed by atoms with Gasteiger partial charge in [0.1, 0.15) is 11.5 Å². The van der Waals surface area contributed by atoms with Crippen molar-refractivity contribution in [2.24, 2.45) is 0 Å². The van der Waals surface area contributed by atoms with Gasteiger partial charge in [-0.2, -0.15) is 0 Å². The topological polar surface area (TPSA) is 47.6 Å². The molecule has 0 aliphatic rings. The summed E-state index contributed by atoms with van der Waals surface area (Å²) in [7, 11) is 1.59. The molecule has 2 rings (SSSR count). The van der Waals surface area contributed by atoms with E-state index in [-0.39, 0.29) is 5.91 Å². The predicted molar refractivity (Wildman–Crippen MR) is 95.3 cm³/mol. The number of hydrogen-bond donors (Lipinski definition) is 1. The number of halogens is 1. The van der Waals surface area contributed by atoms with Crippen molar-refractivity contribution in [3.63, 3.8) is 0 Å². The molecule has 1 unspecified atom stereocenters. The van der Waals surface area contributed by atoms with E-state index in [2.05, 4.69) is 21.2 Å². The van der Waals surface area contributed by atoms with Gasteiger partial charge in [-0.3, -0.25) is 4.79 Å². The lowest BCUT2D eigenvalue weighted by Gasteiger charge is -2.18. The lowest BCUT2D eigenvalue weighted by Crippen LogP contribution is -2.30. The zero-order valence-electron chi connectivity index (χ0n) is 13.6. The number of ether oxygens (including phenoxy) is 2. The van der Waals surface area contributed by atoms with Crippen molar-refractivity contribution in [2.75, 3.05) is 12.4 Å². The normalized spacial score (nSPS) is 11.7. The SMILES string of the molecule is COc1cccc(NC(=O)C(C)Oc2c(C)cc(Br)cc2C)c1. The van der Waals surface area contributed by atoms with E-state index in [0.717, 1.165) is 21.3 Å². The van der Waals surface area contributed by atoms with Crippen LogP contribution in [0.15, 0.2) is 40.9 Å². The van der Waals surface area contributed by atoms with Gasteiger partial charge in [0, 0.05) is 16.2 Å². The molecule has 0 fully saturated rings. The largest absolute Gasteiger partial charge is 0.497 e. The van der Waals surface area contributed by atoms with Crippen LogP contribution in [0.2, 0.25) is 0 Å². The van der Waals surface area contributed by atoms with Gasteiger partial charge in [0.05, 0.1) is 7.11 Å². The number of carbonyl (C=O) groups excluding carboxylic acids is 1. The lowest BCUT2D eigenvalue weighted by atomic mass is 10.1. The summed E-state index contributed by atoms with van der Waals surface area (Å²) < 4.78 is 12.0. The molecule has 1 atom stereocenters. The molecule has 2 aromatic carbocycles. The second-order valence-corrected chi connectivity index (χ2v) is 6.27. The summed E-state index contributed by atoms with van der Waals surface area (Å²) >= 11 is 3.45.